The molecule has 0 saturated carbocycles. The number of thioether (sulfide) groups is 1. The number of benzene rings is 1. The third kappa shape index (κ3) is 4.16. The largest absolute Gasteiger partial charge is 0.446 e. The summed E-state index contributed by atoms with van der Waals surface area (Å²) in [5.74, 6) is 0.304. The molecule has 0 spiro atoms. The first-order valence-corrected chi connectivity index (χ1v) is 5.59. The van der Waals surface area contributed by atoms with Gasteiger partial charge in [-0.1, -0.05) is 26.0 Å². The fourth-order valence-electron chi connectivity index (χ4n) is 1.25. The van der Waals surface area contributed by atoms with E-state index in [1.54, 1.807) is 12.1 Å². The number of alkyl halides is 3. The highest BCUT2D eigenvalue weighted by molar-refractivity contribution is 8.00. The fraction of sp³-hybridized carbons (Fsp3) is 0.455. The maximum atomic E-state index is 12.1. The molecular weight excluding hydrogens is 221 g/mol. The summed E-state index contributed by atoms with van der Waals surface area (Å²) in [5.41, 5.74) is -3.24. The van der Waals surface area contributed by atoms with Crippen LogP contribution in [-0.4, -0.2) is 5.51 Å². The van der Waals surface area contributed by atoms with Crippen LogP contribution in [-0.2, 0) is 0 Å². The van der Waals surface area contributed by atoms with Gasteiger partial charge in [0.15, 0.2) is 0 Å². The minimum Gasteiger partial charge on any atom is -0.160 e. The fourth-order valence-corrected chi connectivity index (χ4v) is 1.86. The summed E-state index contributed by atoms with van der Waals surface area (Å²) >= 11 is -0.0572. The third-order valence-electron chi connectivity index (χ3n) is 2.27. The van der Waals surface area contributed by atoms with E-state index < -0.39 is 5.51 Å². The zero-order valence-corrected chi connectivity index (χ0v) is 9.45. The average molecular weight is 234 g/mol. The zero-order valence-electron chi connectivity index (χ0n) is 8.64. The summed E-state index contributed by atoms with van der Waals surface area (Å²) in [6.07, 6.45) is 0.931. The first kappa shape index (κ1) is 12.4. The first-order valence-electron chi connectivity index (χ1n) is 4.78. The van der Waals surface area contributed by atoms with Gasteiger partial charge in [-0.05, 0) is 41.8 Å². The van der Waals surface area contributed by atoms with Crippen LogP contribution in [0.5, 0.6) is 0 Å². The summed E-state index contributed by atoms with van der Waals surface area (Å²) in [6, 6.07) is 6.65. The van der Waals surface area contributed by atoms with E-state index in [1.807, 2.05) is 19.9 Å². The smallest absolute Gasteiger partial charge is 0.160 e. The van der Waals surface area contributed by atoms with Crippen molar-refractivity contribution in [3.8, 4) is 0 Å². The lowest BCUT2D eigenvalue weighted by Crippen LogP contribution is -1.99. The second kappa shape index (κ2) is 4.92. The van der Waals surface area contributed by atoms with Crippen molar-refractivity contribution in [2.24, 2.45) is 0 Å². The van der Waals surface area contributed by atoms with E-state index >= 15 is 0 Å². The topological polar surface area (TPSA) is 0 Å². The van der Waals surface area contributed by atoms with Crippen LogP contribution in [0.4, 0.5) is 13.2 Å². The molecule has 0 radical (unpaired) electrons. The Morgan fingerprint density at radius 1 is 1.33 bits per heavy atom. The van der Waals surface area contributed by atoms with Crippen LogP contribution in [0.15, 0.2) is 29.2 Å². The minimum absolute atomic E-state index is 0.0572. The molecule has 1 aromatic carbocycles. The van der Waals surface area contributed by atoms with Gasteiger partial charge in [-0.2, -0.15) is 13.2 Å². The molecule has 1 atom stereocenters. The lowest BCUT2D eigenvalue weighted by molar-refractivity contribution is -0.0328. The lowest BCUT2D eigenvalue weighted by atomic mass is 9.99. The van der Waals surface area contributed by atoms with Crippen molar-refractivity contribution in [3.63, 3.8) is 0 Å². The SMILES string of the molecule is CC[C@@H](C)c1cccc(SC(F)(F)F)c1. The second-order valence-electron chi connectivity index (χ2n) is 3.43. The van der Waals surface area contributed by atoms with E-state index in [9.17, 15) is 13.2 Å². The molecule has 0 aliphatic rings. The van der Waals surface area contributed by atoms with Crippen molar-refractivity contribution >= 4 is 11.8 Å². The predicted octanol–water partition coefficient (Wildman–Crippen LogP) is 4.81. The number of halogens is 3. The Morgan fingerprint density at radius 2 is 2.00 bits per heavy atom. The van der Waals surface area contributed by atoms with Gasteiger partial charge in [0.2, 0.25) is 0 Å². The van der Waals surface area contributed by atoms with Gasteiger partial charge in [-0.3, -0.25) is 0 Å². The molecule has 0 bridgehead atoms. The van der Waals surface area contributed by atoms with E-state index in [1.165, 1.54) is 6.07 Å². The van der Waals surface area contributed by atoms with E-state index in [4.69, 9.17) is 0 Å². The highest BCUT2D eigenvalue weighted by Gasteiger charge is 2.29. The summed E-state index contributed by atoms with van der Waals surface area (Å²) < 4.78 is 36.4. The van der Waals surface area contributed by atoms with Crippen molar-refractivity contribution in [2.45, 2.75) is 36.6 Å². The second-order valence-corrected chi connectivity index (χ2v) is 4.57. The molecule has 1 rings (SSSR count). The lowest BCUT2D eigenvalue weighted by Gasteiger charge is -2.11. The molecule has 4 heteroatoms. The molecule has 0 aliphatic carbocycles. The molecule has 0 N–H and O–H groups in total. The maximum Gasteiger partial charge on any atom is 0.446 e. The van der Waals surface area contributed by atoms with Crippen LogP contribution < -0.4 is 0 Å². The Labute approximate surface area is 91.9 Å². The Hall–Kier alpha value is -0.640. The number of hydrogen-bond donors (Lipinski definition) is 0. The van der Waals surface area contributed by atoms with E-state index in [0.717, 1.165) is 12.0 Å². The van der Waals surface area contributed by atoms with Crippen LogP contribution in [0.2, 0.25) is 0 Å². The van der Waals surface area contributed by atoms with Crippen LogP contribution >= 0.6 is 11.8 Å². The molecule has 0 aromatic heterocycles. The number of hydrogen-bond acceptors (Lipinski definition) is 1. The zero-order chi connectivity index (χ0) is 11.5. The quantitative estimate of drug-likeness (QED) is 0.676. The molecule has 0 aliphatic heterocycles. The molecule has 0 nitrogen and oxygen atoms in total. The normalized spacial score (nSPS) is 13.9. The van der Waals surface area contributed by atoms with Crippen molar-refractivity contribution in [1.82, 2.24) is 0 Å². The van der Waals surface area contributed by atoms with E-state index in [2.05, 4.69) is 0 Å². The van der Waals surface area contributed by atoms with Gasteiger partial charge in [0.05, 0.1) is 0 Å². The Kier molecular flexibility index (Phi) is 4.08. The highest BCUT2D eigenvalue weighted by atomic mass is 32.2. The number of rotatable bonds is 3. The van der Waals surface area contributed by atoms with E-state index in [-0.39, 0.29) is 16.7 Å². The van der Waals surface area contributed by atoms with Crippen LogP contribution in [0, 0.1) is 0 Å². The summed E-state index contributed by atoms with van der Waals surface area (Å²) in [4.78, 5) is 0.264. The Balaban J connectivity index is 2.83. The molecule has 1 aromatic rings. The van der Waals surface area contributed by atoms with Crippen LogP contribution in [0.25, 0.3) is 0 Å². The van der Waals surface area contributed by atoms with Crippen molar-refractivity contribution in [1.29, 1.82) is 0 Å². The monoisotopic (exact) mass is 234 g/mol. The van der Waals surface area contributed by atoms with Crippen LogP contribution in [0.1, 0.15) is 31.7 Å². The van der Waals surface area contributed by atoms with Crippen molar-refractivity contribution in [3.05, 3.63) is 29.8 Å². The highest BCUT2D eigenvalue weighted by Crippen LogP contribution is 2.37. The molecule has 84 valence electrons. The molecule has 0 saturated heterocycles. The summed E-state index contributed by atoms with van der Waals surface area (Å²) in [6.45, 7) is 4.03. The van der Waals surface area contributed by atoms with Gasteiger partial charge in [-0.25, -0.2) is 0 Å². The average Bonchev–Trinajstić information content (AvgIpc) is 2.14. The van der Waals surface area contributed by atoms with Gasteiger partial charge in [-0.15, -0.1) is 0 Å². The third-order valence-corrected chi connectivity index (χ3v) is 2.99. The van der Waals surface area contributed by atoms with Crippen molar-refractivity contribution < 1.29 is 13.2 Å². The minimum atomic E-state index is -4.20. The predicted molar refractivity (Wildman–Crippen MR) is 57.1 cm³/mol. The van der Waals surface area contributed by atoms with Gasteiger partial charge in [0.25, 0.3) is 0 Å². The summed E-state index contributed by atoms with van der Waals surface area (Å²) in [5, 5.41) is 0. The molecule has 0 heterocycles. The molecule has 0 amide bonds. The molecule has 0 unspecified atom stereocenters. The van der Waals surface area contributed by atoms with Gasteiger partial charge in [0.1, 0.15) is 0 Å². The molecule has 0 fully saturated rings. The first-order chi connectivity index (χ1) is 6.92. The van der Waals surface area contributed by atoms with Gasteiger partial charge in [0, 0.05) is 4.90 Å². The van der Waals surface area contributed by atoms with Crippen molar-refractivity contribution in [2.75, 3.05) is 0 Å². The van der Waals surface area contributed by atoms with Gasteiger partial charge >= 0.3 is 5.51 Å². The summed E-state index contributed by atoms with van der Waals surface area (Å²) in [7, 11) is 0. The standard InChI is InChI=1S/C11H13F3S/c1-3-8(2)9-5-4-6-10(7-9)15-11(12,13)14/h4-8H,3H2,1-2H3/t8-/m1/s1. The Bertz CT molecular complexity index is 320. The maximum absolute atomic E-state index is 12.1. The van der Waals surface area contributed by atoms with Gasteiger partial charge < -0.3 is 0 Å². The van der Waals surface area contributed by atoms with Crippen LogP contribution in [0.3, 0.4) is 0 Å². The molecular formula is C11H13F3S. The Morgan fingerprint density at radius 3 is 2.53 bits per heavy atom. The molecule has 15 heavy (non-hydrogen) atoms. The van der Waals surface area contributed by atoms with E-state index in [0.29, 0.717) is 5.92 Å².